The van der Waals surface area contributed by atoms with E-state index in [0.29, 0.717) is 22.1 Å². The number of carbonyl (C=O) groups is 1. The summed E-state index contributed by atoms with van der Waals surface area (Å²) < 4.78 is 21.0. The topological polar surface area (TPSA) is 56.5 Å². The highest BCUT2D eigenvalue weighted by molar-refractivity contribution is 7.15. The highest BCUT2D eigenvalue weighted by Gasteiger charge is 2.20. The summed E-state index contributed by atoms with van der Waals surface area (Å²) in [4.78, 5) is 21.6. The van der Waals surface area contributed by atoms with Crippen molar-refractivity contribution in [2.75, 3.05) is 0 Å². The minimum atomic E-state index is -0.837. The summed E-state index contributed by atoms with van der Waals surface area (Å²) in [5, 5.41) is 2.16. The van der Waals surface area contributed by atoms with Crippen LogP contribution in [0.2, 0.25) is 5.15 Å². The van der Waals surface area contributed by atoms with Gasteiger partial charge in [0.25, 0.3) is 0 Å². The van der Waals surface area contributed by atoms with Gasteiger partial charge >= 0.3 is 5.97 Å². The Labute approximate surface area is 168 Å². The highest BCUT2D eigenvalue weighted by Crippen LogP contribution is 2.26. The van der Waals surface area contributed by atoms with Crippen molar-refractivity contribution in [3.63, 3.8) is 0 Å². The molecule has 0 radical (unpaired) electrons. The molecule has 1 aromatic carbocycles. The Bertz CT molecular complexity index is 1160. The third-order valence-electron chi connectivity index (χ3n) is 3.97. The SMILES string of the molecule is O=C(/C=C/c1c(Cl)nc2sccn12)OC(c1cccc(F)c1)c1ccccn1. The van der Waals surface area contributed by atoms with E-state index in [1.54, 1.807) is 47.0 Å². The molecule has 0 aliphatic rings. The van der Waals surface area contributed by atoms with Crippen LogP contribution in [0.4, 0.5) is 4.39 Å². The molecule has 0 amide bonds. The van der Waals surface area contributed by atoms with Gasteiger partial charge in [-0.05, 0) is 30.3 Å². The minimum Gasteiger partial charge on any atom is -0.448 e. The lowest BCUT2D eigenvalue weighted by atomic mass is 10.1. The van der Waals surface area contributed by atoms with Crippen LogP contribution in [0.1, 0.15) is 23.1 Å². The Balaban J connectivity index is 1.60. The number of rotatable bonds is 5. The van der Waals surface area contributed by atoms with Crippen molar-refractivity contribution in [3.05, 3.63) is 94.2 Å². The van der Waals surface area contributed by atoms with Crippen molar-refractivity contribution in [2.45, 2.75) is 6.10 Å². The van der Waals surface area contributed by atoms with Gasteiger partial charge in [0, 0.05) is 29.4 Å². The molecule has 3 heterocycles. The van der Waals surface area contributed by atoms with Gasteiger partial charge in [-0.25, -0.2) is 14.2 Å². The van der Waals surface area contributed by atoms with E-state index in [1.165, 1.54) is 29.5 Å². The molecular formula is C20H13ClFN3O2S. The number of esters is 1. The molecule has 4 aromatic rings. The van der Waals surface area contributed by atoms with Crippen LogP contribution in [0.3, 0.4) is 0 Å². The lowest BCUT2D eigenvalue weighted by Crippen LogP contribution is -2.12. The zero-order chi connectivity index (χ0) is 19.5. The predicted octanol–water partition coefficient (Wildman–Crippen LogP) is 4.93. The number of carbonyl (C=O) groups excluding carboxylic acids is 1. The zero-order valence-electron chi connectivity index (χ0n) is 14.3. The Hall–Kier alpha value is -3.03. The number of hydrogen-bond acceptors (Lipinski definition) is 5. The smallest absolute Gasteiger partial charge is 0.331 e. The first-order chi connectivity index (χ1) is 13.6. The van der Waals surface area contributed by atoms with E-state index >= 15 is 0 Å². The Kier molecular flexibility index (Phi) is 5.18. The maximum absolute atomic E-state index is 13.7. The van der Waals surface area contributed by atoms with E-state index in [1.807, 2.05) is 11.6 Å². The second-order valence-corrected chi connectivity index (χ2v) is 7.03. The van der Waals surface area contributed by atoms with Crippen molar-refractivity contribution < 1.29 is 13.9 Å². The second-order valence-electron chi connectivity index (χ2n) is 5.80. The Morgan fingerprint density at radius 3 is 2.96 bits per heavy atom. The van der Waals surface area contributed by atoms with Gasteiger partial charge < -0.3 is 4.74 Å². The zero-order valence-corrected chi connectivity index (χ0v) is 15.9. The summed E-state index contributed by atoms with van der Waals surface area (Å²) in [6, 6.07) is 11.1. The Morgan fingerprint density at radius 2 is 2.18 bits per heavy atom. The summed E-state index contributed by atoms with van der Waals surface area (Å²) in [5.74, 6) is -1.03. The fraction of sp³-hybridized carbons (Fsp3) is 0.0500. The van der Waals surface area contributed by atoms with Crippen LogP contribution < -0.4 is 0 Å². The number of hydrogen-bond donors (Lipinski definition) is 0. The number of aromatic nitrogens is 3. The molecular weight excluding hydrogens is 401 g/mol. The normalized spacial score (nSPS) is 12.5. The molecule has 0 fully saturated rings. The van der Waals surface area contributed by atoms with Crippen LogP contribution in [-0.2, 0) is 9.53 Å². The molecule has 140 valence electrons. The van der Waals surface area contributed by atoms with E-state index in [9.17, 15) is 9.18 Å². The number of imidazole rings is 1. The molecule has 5 nitrogen and oxygen atoms in total. The third-order valence-corrected chi connectivity index (χ3v) is 5.01. The maximum atomic E-state index is 13.7. The molecule has 0 N–H and O–H groups in total. The summed E-state index contributed by atoms with van der Waals surface area (Å²) in [7, 11) is 0. The van der Waals surface area contributed by atoms with E-state index in [0.717, 1.165) is 4.96 Å². The van der Waals surface area contributed by atoms with E-state index < -0.39 is 17.9 Å². The van der Waals surface area contributed by atoms with Crippen LogP contribution in [0.25, 0.3) is 11.0 Å². The molecule has 8 heteroatoms. The molecule has 0 saturated heterocycles. The second kappa shape index (κ2) is 7.92. The number of ether oxygens (including phenoxy) is 1. The number of pyridine rings is 1. The van der Waals surface area contributed by atoms with Crippen molar-refractivity contribution in [1.29, 1.82) is 0 Å². The summed E-state index contributed by atoms with van der Waals surface area (Å²) >= 11 is 7.56. The molecule has 0 bridgehead atoms. The van der Waals surface area contributed by atoms with Crippen LogP contribution >= 0.6 is 22.9 Å². The minimum absolute atomic E-state index is 0.294. The average Bonchev–Trinajstić information content (AvgIpc) is 3.26. The van der Waals surface area contributed by atoms with Crippen LogP contribution in [0.15, 0.2) is 66.3 Å². The van der Waals surface area contributed by atoms with Gasteiger partial charge in [0.05, 0.1) is 11.4 Å². The van der Waals surface area contributed by atoms with Crippen LogP contribution in [0, 0.1) is 5.82 Å². The molecule has 0 spiro atoms. The molecule has 1 unspecified atom stereocenters. The van der Waals surface area contributed by atoms with Crippen molar-refractivity contribution in [1.82, 2.24) is 14.4 Å². The predicted molar refractivity (Wildman–Crippen MR) is 106 cm³/mol. The summed E-state index contributed by atoms with van der Waals surface area (Å²) in [6.45, 7) is 0. The average molecular weight is 414 g/mol. The number of halogens is 2. The molecule has 28 heavy (non-hydrogen) atoms. The number of nitrogens with zero attached hydrogens (tertiary/aromatic N) is 3. The summed E-state index contributed by atoms with van der Waals surface area (Å²) in [5.41, 5.74) is 1.57. The van der Waals surface area contributed by atoms with Gasteiger partial charge in [-0.1, -0.05) is 29.8 Å². The highest BCUT2D eigenvalue weighted by atomic mass is 35.5. The number of fused-ring (bicyclic) bond motifs is 1. The first-order valence-corrected chi connectivity index (χ1v) is 9.54. The van der Waals surface area contributed by atoms with Gasteiger partial charge in [-0.2, -0.15) is 0 Å². The van der Waals surface area contributed by atoms with Crippen molar-refractivity contribution in [2.24, 2.45) is 0 Å². The van der Waals surface area contributed by atoms with Crippen LogP contribution in [0.5, 0.6) is 0 Å². The van der Waals surface area contributed by atoms with Gasteiger partial charge in [-0.3, -0.25) is 9.38 Å². The first kappa shape index (κ1) is 18.3. The standard InChI is InChI=1S/C20H13ClFN3O2S/c21-19-16(25-10-11-28-20(25)24-19)7-8-17(26)27-18(15-6-1-2-9-23-15)13-4-3-5-14(22)12-13/h1-12,18H/b8-7+. The maximum Gasteiger partial charge on any atom is 0.331 e. The molecule has 4 rings (SSSR count). The summed E-state index contributed by atoms with van der Waals surface area (Å²) in [6.07, 6.45) is 5.37. The third kappa shape index (κ3) is 3.81. The fourth-order valence-corrected chi connectivity index (χ4v) is 3.73. The van der Waals surface area contributed by atoms with Gasteiger partial charge in [0.15, 0.2) is 16.2 Å². The van der Waals surface area contributed by atoms with Crippen molar-refractivity contribution in [3.8, 4) is 0 Å². The fourth-order valence-electron chi connectivity index (χ4n) is 2.73. The van der Waals surface area contributed by atoms with Gasteiger partial charge in [-0.15, -0.1) is 11.3 Å². The van der Waals surface area contributed by atoms with E-state index in [4.69, 9.17) is 16.3 Å². The van der Waals surface area contributed by atoms with E-state index in [2.05, 4.69) is 9.97 Å². The van der Waals surface area contributed by atoms with Gasteiger partial charge in [0.1, 0.15) is 5.82 Å². The number of thiazole rings is 1. The van der Waals surface area contributed by atoms with Crippen LogP contribution in [-0.4, -0.2) is 20.3 Å². The molecule has 3 aromatic heterocycles. The largest absolute Gasteiger partial charge is 0.448 e. The van der Waals surface area contributed by atoms with E-state index in [-0.39, 0.29) is 0 Å². The Morgan fingerprint density at radius 1 is 1.29 bits per heavy atom. The number of benzene rings is 1. The molecule has 0 saturated carbocycles. The van der Waals surface area contributed by atoms with Crippen molar-refractivity contribution >= 4 is 39.9 Å². The first-order valence-electron chi connectivity index (χ1n) is 8.28. The monoisotopic (exact) mass is 413 g/mol. The molecule has 0 aliphatic heterocycles. The lowest BCUT2D eigenvalue weighted by molar-refractivity contribution is -0.141. The quantitative estimate of drug-likeness (QED) is 0.344. The molecule has 0 aliphatic carbocycles. The lowest BCUT2D eigenvalue weighted by Gasteiger charge is -2.17. The van der Waals surface area contributed by atoms with Gasteiger partial charge in [0.2, 0.25) is 0 Å². The molecule has 1 atom stereocenters.